The van der Waals surface area contributed by atoms with E-state index in [9.17, 15) is 0 Å². The van der Waals surface area contributed by atoms with Crippen LogP contribution in [-0.4, -0.2) is 27.9 Å². The van der Waals surface area contributed by atoms with E-state index in [-0.39, 0.29) is 12.1 Å². The molecule has 1 atom stereocenters. The number of aliphatic hydroxyl groups excluding tert-OH is 1. The summed E-state index contributed by atoms with van der Waals surface area (Å²) in [5, 5.41) is 8.93. The average molecular weight is 196 g/mol. The maximum atomic E-state index is 8.93. The first kappa shape index (κ1) is 9.68. The molecule has 4 nitrogen and oxygen atoms in total. The molecule has 1 unspecified atom stereocenters. The van der Waals surface area contributed by atoms with E-state index in [1.807, 2.05) is 6.20 Å². The summed E-state index contributed by atoms with van der Waals surface area (Å²) in [6.45, 7) is 3.75. The molecule has 1 saturated heterocycles. The van der Waals surface area contributed by atoms with Crippen molar-refractivity contribution >= 4 is 0 Å². The van der Waals surface area contributed by atoms with Gasteiger partial charge in [-0.05, 0) is 19.8 Å². The Bertz CT molecular complexity index is 303. The van der Waals surface area contributed by atoms with Gasteiger partial charge in [0.05, 0.1) is 30.8 Å². The minimum Gasteiger partial charge on any atom is -0.390 e. The third kappa shape index (κ3) is 1.67. The maximum absolute atomic E-state index is 8.93. The molecule has 0 aliphatic carbocycles. The zero-order valence-corrected chi connectivity index (χ0v) is 8.44. The van der Waals surface area contributed by atoms with E-state index in [0.29, 0.717) is 0 Å². The third-order valence-corrected chi connectivity index (χ3v) is 2.84. The van der Waals surface area contributed by atoms with Gasteiger partial charge in [-0.2, -0.15) is 0 Å². The monoisotopic (exact) mass is 196 g/mol. The highest BCUT2D eigenvalue weighted by molar-refractivity contribution is 5.00. The van der Waals surface area contributed by atoms with E-state index in [2.05, 4.69) is 16.5 Å². The molecule has 1 fully saturated rings. The Labute approximate surface area is 83.5 Å². The summed E-state index contributed by atoms with van der Waals surface area (Å²) in [4.78, 5) is 4.11. The van der Waals surface area contributed by atoms with Crippen LogP contribution in [0.2, 0.25) is 0 Å². The van der Waals surface area contributed by atoms with Crippen molar-refractivity contribution in [2.45, 2.75) is 31.9 Å². The lowest BCUT2D eigenvalue weighted by Crippen LogP contribution is -2.38. The van der Waals surface area contributed by atoms with Crippen molar-refractivity contribution in [3.05, 3.63) is 18.2 Å². The highest BCUT2D eigenvalue weighted by Crippen LogP contribution is 2.26. The Morgan fingerprint density at radius 3 is 3.14 bits per heavy atom. The van der Waals surface area contributed by atoms with Crippen LogP contribution in [0.5, 0.6) is 0 Å². The Kier molecular flexibility index (Phi) is 2.56. The fourth-order valence-electron chi connectivity index (χ4n) is 1.86. The van der Waals surface area contributed by atoms with E-state index < -0.39 is 0 Å². The van der Waals surface area contributed by atoms with Crippen LogP contribution < -0.4 is 0 Å². The SMILES string of the molecule is CC1(n2cnc(CO)c2)CCCOC1. The smallest absolute Gasteiger partial charge is 0.0956 e. The first-order valence-electron chi connectivity index (χ1n) is 4.96. The normalized spacial score (nSPS) is 27.9. The van der Waals surface area contributed by atoms with Gasteiger partial charge in [-0.1, -0.05) is 0 Å². The summed E-state index contributed by atoms with van der Waals surface area (Å²) in [6.07, 6.45) is 5.87. The number of imidazole rings is 1. The van der Waals surface area contributed by atoms with Crippen LogP contribution in [-0.2, 0) is 16.9 Å². The first-order valence-corrected chi connectivity index (χ1v) is 4.96. The molecule has 1 aliphatic heterocycles. The topological polar surface area (TPSA) is 47.3 Å². The molecule has 0 aromatic carbocycles. The van der Waals surface area contributed by atoms with Crippen LogP contribution in [0.3, 0.4) is 0 Å². The van der Waals surface area contributed by atoms with Gasteiger partial charge in [0.2, 0.25) is 0 Å². The fourth-order valence-corrected chi connectivity index (χ4v) is 1.86. The van der Waals surface area contributed by atoms with Gasteiger partial charge in [0.25, 0.3) is 0 Å². The molecule has 0 spiro atoms. The van der Waals surface area contributed by atoms with Gasteiger partial charge in [-0.3, -0.25) is 0 Å². The summed E-state index contributed by atoms with van der Waals surface area (Å²) < 4.78 is 7.52. The van der Waals surface area contributed by atoms with Crippen LogP contribution in [0.25, 0.3) is 0 Å². The molecule has 1 aromatic heterocycles. The molecule has 0 radical (unpaired) electrons. The predicted octanol–water partition coefficient (Wildman–Crippen LogP) is 0.901. The number of hydrogen-bond donors (Lipinski definition) is 1. The molecule has 2 heterocycles. The quantitative estimate of drug-likeness (QED) is 0.764. The standard InChI is InChI=1S/C10H16N2O2/c1-10(3-2-4-14-7-10)12-5-9(6-13)11-8-12/h5,8,13H,2-4,6-7H2,1H3. The molecular formula is C10H16N2O2. The number of nitrogens with zero attached hydrogens (tertiary/aromatic N) is 2. The molecular weight excluding hydrogens is 180 g/mol. The van der Waals surface area contributed by atoms with Crippen molar-refractivity contribution < 1.29 is 9.84 Å². The lowest BCUT2D eigenvalue weighted by Gasteiger charge is -2.34. The lowest BCUT2D eigenvalue weighted by molar-refractivity contribution is 0.00940. The van der Waals surface area contributed by atoms with Gasteiger partial charge >= 0.3 is 0 Å². The molecule has 1 N–H and O–H groups in total. The van der Waals surface area contributed by atoms with Crippen molar-refractivity contribution in [1.82, 2.24) is 9.55 Å². The molecule has 78 valence electrons. The van der Waals surface area contributed by atoms with Gasteiger partial charge < -0.3 is 14.4 Å². The molecule has 1 aromatic rings. The fraction of sp³-hybridized carbons (Fsp3) is 0.700. The zero-order chi connectivity index (χ0) is 10.0. The molecule has 2 rings (SSSR count). The second kappa shape index (κ2) is 3.71. The van der Waals surface area contributed by atoms with E-state index in [1.54, 1.807) is 6.33 Å². The molecule has 0 amide bonds. The summed E-state index contributed by atoms with van der Waals surface area (Å²) in [5.74, 6) is 0. The lowest BCUT2D eigenvalue weighted by atomic mass is 9.95. The highest BCUT2D eigenvalue weighted by atomic mass is 16.5. The largest absolute Gasteiger partial charge is 0.390 e. The minimum absolute atomic E-state index is 0.00391. The predicted molar refractivity (Wildman–Crippen MR) is 51.9 cm³/mol. The van der Waals surface area contributed by atoms with Crippen LogP contribution in [0, 0.1) is 0 Å². The number of aliphatic hydroxyl groups is 1. The Balaban J connectivity index is 2.19. The first-order chi connectivity index (χ1) is 6.74. The summed E-state index contributed by atoms with van der Waals surface area (Å²) in [7, 11) is 0. The third-order valence-electron chi connectivity index (χ3n) is 2.84. The number of aromatic nitrogens is 2. The van der Waals surface area contributed by atoms with Gasteiger partial charge in [0.15, 0.2) is 0 Å². The van der Waals surface area contributed by atoms with E-state index in [0.717, 1.165) is 31.7 Å². The van der Waals surface area contributed by atoms with Crippen molar-refractivity contribution in [3.8, 4) is 0 Å². The van der Waals surface area contributed by atoms with Crippen molar-refractivity contribution in [3.63, 3.8) is 0 Å². The highest BCUT2D eigenvalue weighted by Gasteiger charge is 2.29. The van der Waals surface area contributed by atoms with E-state index in [1.165, 1.54) is 0 Å². The number of ether oxygens (including phenoxy) is 1. The summed E-state index contributed by atoms with van der Waals surface area (Å²) in [6, 6.07) is 0. The summed E-state index contributed by atoms with van der Waals surface area (Å²) in [5.41, 5.74) is 0.732. The van der Waals surface area contributed by atoms with Gasteiger partial charge in [0, 0.05) is 12.8 Å². The molecule has 4 heteroatoms. The minimum atomic E-state index is 0.00391. The average Bonchev–Trinajstić information content (AvgIpc) is 2.67. The Morgan fingerprint density at radius 1 is 1.71 bits per heavy atom. The Hall–Kier alpha value is -0.870. The molecule has 0 saturated carbocycles. The second-order valence-electron chi connectivity index (χ2n) is 4.08. The number of hydrogen-bond acceptors (Lipinski definition) is 3. The van der Waals surface area contributed by atoms with Gasteiger partial charge in [-0.15, -0.1) is 0 Å². The number of rotatable bonds is 2. The van der Waals surface area contributed by atoms with Crippen LogP contribution in [0.1, 0.15) is 25.5 Å². The van der Waals surface area contributed by atoms with Crippen molar-refractivity contribution in [2.24, 2.45) is 0 Å². The molecule has 14 heavy (non-hydrogen) atoms. The zero-order valence-electron chi connectivity index (χ0n) is 8.44. The van der Waals surface area contributed by atoms with Gasteiger partial charge in [-0.25, -0.2) is 4.98 Å². The molecule has 0 bridgehead atoms. The van der Waals surface area contributed by atoms with E-state index in [4.69, 9.17) is 9.84 Å². The van der Waals surface area contributed by atoms with Crippen LogP contribution >= 0.6 is 0 Å². The van der Waals surface area contributed by atoms with Crippen LogP contribution in [0.4, 0.5) is 0 Å². The Morgan fingerprint density at radius 2 is 2.57 bits per heavy atom. The van der Waals surface area contributed by atoms with Crippen LogP contribution in [0.15, 0.2) is 12.5 Å². The maximum Gasteiger partial charge on any atom is 0.0956 e. The molecule has 1 aliphatic rings. The van der Waals surface area contributed by atoms with Crippen molar-refractivity contribution in [1.29, 1.82) is 0 Å². The second-order valence-corrected chi connectivity index (χ2v) is 4.08. The van der Waals surface area contributed by atoms with Crippen molar-refractivity contribution in [2.75, 3.05) is 13.2 Å². The van der Waals surface area contributed by atoms with Gasteiger partial charge in [0.1, 0.15) is 0 Å². The summed E-state index contributed by atoms with van der Waals surface area (Å²) >= 11 is 0. The van der Waals surface area contributed by atoms with E-state index >= 15 is 0 Å².